The van der Waals surface area contributed by atoms with Crippen LogP contribution in [-0.4, -0.2) is 25.7 Å². The van der Waals surface area contributed by atoms with Gasteiger partial charge in [0.1, 0.15) is 13.2 Å². The van der Waals surface area contributed by atoms with Crippen LogP contribution in [0.4, 0.5) is 13.2 Å². The fraction of sp³-hybridized carbons (Fsp3) is 0.235. The molecule has 0 aromatic heterocycles. The lowest BCUT2D eigenvalue weighted by Gasteiger charge is -2.13. The molecule has 0 spiro atoms. The number of carbonyl (C=O) groups is 1. The summed E-state index contributed by atoms with van der Waals surface area (Å²) in [6.07, 6.45) is -4.47. The van der Waals surface area contributed by atoms with Crippen molar-refractivity contribution >= 4 is 17.5 Å². The van der Waals surface area contributed by atoms with Gasteiger partial charge in [-0.2, -0.15) is 13.2 Å². The molecule has 4 nitrogen and oxygen atoms in total. The Morgan fingerprint density at radius 3 is 2.40 bits per heavy atom. The summed E-state index contributed by atoms with van der Waals surface area (Å²) in [6.45, 7) is -1.16. The third-order valence-electron chi connectivity index (χ3n) is 3.18. The van der Waals surface area contributed by atoms with Crippen LogP contribution in [0.1, 0.15) is 15.9 Å². The van der Waals surface area contributed by atoms with Crippen LogP contribution in [0.25, 0.3) is 0 Å². The summed E-state index contributed by atoms with van der Waals surface area (Å²) in [6, 6.07) is 11.2. The first-order valence-electron chi connectivity index (χ1n) is 7.19. The van der Waals surface area contributed by atoms with E-state index in [1.54, 1.807) is 29.6 Å². The van der Waals surface area contributed by atoms with Crippen LogP contribution in [0.3, 0.4) is 0 Å². The molecule has 0 heterocycles. The predicted octanol–water partition coefficient (Wildman–Crippen LogP) is 4.22. The van der Waals surface area contributed by atoms with E-state index in [0.717, 1.165) is 5.56 Å². The minimum absolute atomic E-state index is 0.0416. The lowest BCUT2D eigenvalue weighted by molar-refractivity contribution is -0.123. The molecular formula is C17H15ClF3NO3. The maximum absolute atomic E-state index is 12.2. The van der Waals surface area contributed by atoms with Crippen molar-refractivity contribution in [3.8, 4) is 11.5 Å². The fourth-order valence-corrected chi connectivity index (χ4v) is 2.08. The summed E-state index contributed by atoms with van der Waals surface area (Å²) in [5.41, 5.74) is 0.915. The predicted molar refractivity (Wildman–Crippen MR) is 87.2 cm³/mol. The first-order chi connectivity index (χ1) is 11.8. The van der Waals surface area contributed by atoms with Crippen LogP contribution in [0.2, 0.25) is 5.02 Å². The van der Waals surface area contributed by atoms with Gasteiger partial charge in [-0.15, -0.1) is 0 Å². The number of hydrogen-bond donors (Lipinski definition) is 1. The number of rotatable bonds is 6. The van der Waals surface area contributed by atoms with E-state index in [4.69, 9.17) is 21.1 Å². The van der Waals surface area contributed by atoms with Crippen LogP contribution in [0, 0.1) is 0 Å². The van der Waals surface area contributed by atoms with Gasteiger partial charge in [-0.1, -0.05) is 23.7 Å². The second-order valence-corrected chi connectivity index (χ2v) is 5.52. The van der Waals surface area contributed by atoms with E-state index >= 15 is 0 Å². The molecule has 134 valence electrons. The zero-order valence-corrected chi connectivity index (χ0v) is 13.9. The van der Waals surface area contributed by atoms with Gasteiger partial charge >= 0.3 is 6.18 Å². The summed E-state index contributed by atoms with van der Waals surface area (Å²) in [7, 11) is 1.38. The number of hydrogen-bond acceptors (Lipinski definition) is 3. The molecule has 0 fully saturated rings. The largest absolute Gasteiger partial charge is 0.493 e. The lowest BCUT2D eigenvalue weighted by Crippen LogP contribution is -2.33. The summed E-state index contributed by atoms with van der Waals surface area (Å²) < 4.78 is 47.2. The number of alkyl halides is 3. The molecule has 8 heteroatoms. The number of nitrogens with one attached hydrogen (secondary N) is 1. The number of amides is 1. The second-order valence-electron chi connectivity index (χ2n) is 5.08. The van der Waals surface area contributed by atoms with Crippen molar-refractivity contribution in [2.75, 3.05) is 13.7 Å². The van der Waals surface area contributed by atoms with Crippen LogP contribution in [0.15, 0.2) is 42.5 Å². The van der Waals surface area contributed by atoms with E-state index in [1.165, 1.54) is 25.3 Å². The molecule has 0 saturated carbocycles. The topological polar surface area (TPSA) is 47.6 Å². The smallest absolute Gasteiger partial charge is 0.405 e. The van der Waals surface area contributed by atoms with Crippen molar-refractivity contribution < 1.29 is 27.4 Å². The Morgan fingerprint density at radius 2 is 1.80 bits per heavy atom. The summed E-state index contributed by atoms with van der Waals surface area (Å²) in [5.74, 6) is -0.238. The summed E-state index contributed by atoms with van der Waals surface area (Å²) in [4.78, 5) is 11.8. The van der Waals surface area contributed by atoms with Gasteiger partial charge in [-0.05, 0) is 35.9 Å². The first kappa shape index (κ1) is 18.9. The van der Waals surface area contributed by atoms with E-state index in [0.29, 0.717) is 10.8 Å². The van der Waals surface area contributed by atoms with Gasteiger partial charge in [-0.25, -0.2) is 0 Å². The van der Waals surface area contributed by atoms with E-state index in [2.05, 4.69) is 0 Å². The Balaban J connectivity index is 2.05. The quantitative estimate of drug-likeness (QED) is 0.824. The number of carbonyl (C=O) groups excluding carboxylic acids is 1. The molecular weight excluding hydrogens is 359 g/mol. The molecule has 2 aromatic rings. The van der Waals surface area contributed by atoms with Gasteiger partial charge in [-0.3, -0.25) is 4.79 Å². The fourth-order valence-electron chi connectivity index (χ4n) is 1.95. The van der Waals surface area contributed by atoms with Gasteiger partial charge in [0.05, 0.1) is 7.11 Å². The van der Waals surface area contributed by atoms with Gasteiger partial charge in [0.2, 0.25) is 0 Å². The average Bonchev–Trinajstić information content (AvgIpc) is 2.58. The van der Waals surface area contributed by atoms with Crippen molar-refractivity contribution in [1.29, 1.82) is 0 Å². The molecule has 1 amide bonds. The minimum Gasteiger partial charge on any atom is -0.493 e. The van der Waals surface area contributed by atoms with Crippen molar-refractivity contribution in [3.05, 3.63) is 58.6 Å². The molecule has 0 aliphatic heterocycles. The van der Waals surface area contributed by atoms with E-state index in [1.807, 2.05) is 0 Å². The van der Waals surface area contributed by atoms with Crippen molar-refractivity contribution in [2.24, 2.45) is 0 Å². The molecule has 0 aliphatic rings. The highest BCUT2D eigenvalue weighted by Crippen LogP contribution is 2.29. The molecule has 0 saturated heterocycles. The van der Waals surface area contributed by atoms with Crippen LogP contribution >= 0.6 is 11.6 Å². The molecule has 25 heavy (non-hydrogen) atoms. The molecule has 0 aliphatic carbocycles. The second kappa shape index (κ2) is 8.11. The normalized spacial score (nSPS) is 11.1. The highest BCUT2D eigenvalue weighted by atomic mass is 35.5. The van der Waals surface area contributed by atoms with Crippen LogP contribution in [0.5, 0.6) is 11.5 Å². The number of halogens is 4. The lowest BCUT2D eigenvalue weighted by atomic mass is 10.2. The van der Waals surface area contributed by atoms with Gasteiger partial charge in [0.25, 0.3) is 5.91 Å². The first-order valence-corrected chi connectivity index (χ1v) is 7.56. The van der Waals surface area contributed by atoms with Crippen LogP contribution in [-0.2, 0) is 6.61 Å². The highest BCUT2D eigenvalue weighted by Gasteiger charge is 2.28. The zero-order valence-electron chi connectivity index (χ0n) is 13.2. The molecule has 2 aromatic carbocycles. The Kier molecular flexibility index (Phi) is 6.14. The Labute approximate surface area is 147 Å². The van der Waals surface area contributed by atoms with Gasteiger partial charge < -0.3 is 14.8 Å². The number of benzene rings is 2. The van der Waals surface area contributed by atoms with Crippen molar-refractivity contribution in [2.45, 2.75) is 12.8 Å². The van der Waals surface area contributed by atoms with E-state index in [9.17, 15) is 18.0 Å². The third kappa shape index (κ3) is 5.86. The Morgan fingerprint density at radius 1 is 1.12 bits per heavy atom. The molecule has 0 unspecified atom stereocenters. The average molecular weight is 374 g/mol. The van der Waals surface area contributed by atoms with E-state index < -0.39 is 18.6 Å². The maximum atomic E-state index is 12.2. The zero-order chi connectivity index (χ0) is 18.4. The van der Waals surface area contributed by atoms with Gasteiger partial charge in [0, 0.05) is 10.6 Å². The number of methoxy groups -OCH3 is 1. The van der Waals surface area contributed by atoms with E-state index in [-0.39, 0.29) is 17.9 Å². The number of ether oxygens (including phenoxy) is 2. The molecule has 0 radical (unpaired) electrons. The van der Waals surface area contributed by atoms with Gasteiger partial charge in [0.15, 0.2) is 11.5 Å². The third-order valence-corrected chi connectivity index (χ3v) is 3.43. The van der Waals surface area contributed by atoms with Crippen LogP contribution < -0.4 is 14.8 Å². The SMILES string of the molecule is COc1cc(C(=O)NCC(F)(F)F)ccc1OCc1ccc(Cl)cc1. The Hall–Kier alpha value is -2.41. The minimum atomic E-state index is -4.47. The summed E-state index contributed by atoms with van der Waals surface area (Å²) in [5, 5.41) is 2.41. The molecule has 1 N–H and O–H groups in total. The van der Waals surface area contributed by atoms with Crippen molar-refractivity contribution in [1.82, 2.24) is 5.32 Å². The monoisotopic (exact) mass is 373 g/mol. The molecule has 0 bridgehead atoms. The summed E-state index contributed by atoms with van der Waals surface area (Å²) >= 11 is 5.81. The molecule has 0 atom stereocenters. The molecule has 2 rings (SSSR count). The standard InChI is InChI=1S/C17H15ClF3NO3/c1-24-15-8-12(16(23)22-10-17(19,20)21)4-7-14(15)25-9-11-2-5-13(18)6-3-11/h2-8H,9-10H2,1H3,(H,22,23). The Bertz CT molecular complexity index is 733. The highest BCUT2D eigenvalue weighted by molar-refractivity contribution is 6.30. The van der Waals surface area contributed by atoms with Crippen molar-refractivity contribution in [3.63, 3.8) is 0 Å². The maximum Gasteiger partial charge on any atom is 0.405 e.